The number of nitrogens with zero attached hydrogens (tertiary/aromatic N) is 2. The lowest BCUT2D eigenvalue weighted by molar-refractivity contribution is 0.0787. The Morgan fingerprint density at radius 1 is 1.69 bits per heavy atom. The van der Waals surface area contributed by atoms with Gasteiger partial charge in [0.1, 0.15) is 11.4 Å². The normalized spacial score (nSPS) is 10.3. The van der Waals surface area contributed by atoms with Gasteiger partial charge >= 0.3 is 0 Å². The minimum atomic E-state index is -0.125. The molecular formula is C10H12N4OS. The topological polar surface area (TPSA) is 75.0 Å². The van der Waals surface area contributed by atoms with Crippen LogP contribution in [-0.4, -0.2) is 28.1 Å². The molecular weight excluding hydrogens is 224 g/mol. The highest BCUT2D eigenvalue weighted by Crippen LogP contribution is 2.14. The maximum absolute atomic E-state index is 11.9. The van der Waals surface area contributed by atoms with E-state index in [1.165, 1.54) is 6.20 Å². The number of carbonyl (C=O) groups excluding carboxylic acids is 1. The van der Waals surface area contributed by atoms with E-state index >= 15 is 0 Å². The largest absolute Gasteiger partial charge is 0.383 e. The molecule has 0 saturated carbocycles. The van der Waals surface area contributed by atoms with Gasteiger partial charge in [0.05, 0.1) is 12.7 Å². The van der Waals surface area contributed by atoms with Crippen LogP contribution >= 0.6 is 11.3 Å². The van der Waals surface area contributed by atoms with E-state index < -0.39 is 0 Å². The van der Waals surface area contributed by atoms with Crippen LogP contribution in [0.4, 0.5) is 5.82 Å². The monoisotopic (exact) mass is 236 g/mol. The smallest absolute Gasteiger partial charge is 0.259 e. The Balaban J connectivity index is 2.08. The molecule has 0 fully saturated rings. The summed E-state index contributed by atoms with van der Waals surface area (Å²) in [5.41, 5.74) is 6.01. The van der Waals surface area contributed by atoms with Gasteiger partial charge in [0.2, 0.25) is 0 Å². The molecule has 3 N–H and O–H groups in total. The minimum Gasteiger partial charge on any atom is -0.383 e. The molecule has 2 aromatic rings. The van der Waals surface area contributed by atoms with Crippen molar-refractivity contribution in [3.8, 4) is 0 Å². The van der Waals surface area contributed by atoms with Crippen molar-refractivity contribution in [3.05, 3.63) is 34.2 Å². The molecule has 2 rings (SSSR count). The summed E-state index contributed by atoms with van der Waals surface area (Å²) in [7, 11) is 1.74. The lowest BCUT2D eigenvalue weighted by atomic mass is 10.3. The van der Waals surface area contributed by atoms with Crippen molar-refractivity contribution in [1.82, 2.24) is 15.1 Å². The Hall–Kier alpha value is -1.82. The molecule has 0 aromatic carbocycles. The molecule has 0 unspecified atom stereocenters. The molecule has 0 saturated heterocycles. The molecule has 2 heterocycles. The first-order chi connectivity index (χ1) is 7.68. The van der Waals surface area contributed by atoms with Gasteiger partial charge in [0.25, 0.3) is 5.91 Å². The van der Waals surface area contributed by atoms with Crippen molar-refractivity contribution in [2.45, 2.75) is 6.54 Å². The number of aromatic nitrogens is 2. The third-order valence-electron chi connectivity index (χ3n) is 2.22. The van der Waals surface area contributed by atoms with E-state index in [0.29, 0.717) is 17.9 Å². The lowest BCUT2D eigenvalue weighted by Crippen LogP contribution is -2.26. The number of amides is 1. The van der Waals surface area contributed by atoms with Crippen LogP contribution in [0.15, 0.2) is 23.7 Å². The maximum atomic E-state index is 11.9. The van der Waals surface area contributed by atoms with Gasteiger partial charge in [-0.15, -0.1) is 11.3 Å². The van der Waals surface area contributed by atoms with Crippen LogP contribution in [0, 0.1) is 0 Å². The Bertz CT molecular complexity index is 477. The van der Waals surface area contributed by atoms with Crippen LogP contribution in [0.5, 0.6) is 0 Å². The average Bonchev–Trinajstić information content (AvgIpc) is 2.88. The predicted octanol–water partition coefficient (Wildman–Crippen LogP) is 1.33. The SMILES string of the molecule is CN(Cc1cccs1)C(=O)c1cn[nH]c1N. The number of H-pyrrole nitrogens is 1. The zero-order chi connectivity index (χ0) is 11.5. The number of aromatic amines is 1. The number of hydrogen-bond acceptors (Lipinski definition) is 4. The van der Waals surface area contributed by atoms with Gasteiger partial charge < -0.3 is 10.6 Å². The Morgan fingerprint density at radius 3 is 3.06 bits per heavy atom. The van der Waals surface area contributed by atoms with E-state index in [1.807, 2.05) is 17.5 Å². The quantitative estimate of drug-likeness (QED) is 0.844. The van der Waals surface area contributed by atoms with Gasteiger partial charge in [-0.25, -0.2) is 0 Å². The zero-order valence-corrected chi connectivity index (χ0v) is 9.62. The number of hydrogen-bond donors (Lipinski definition) is 2. The van der Waals surface area contributed by atoms with Crippen LogP contribution in [0.3, 0.4) is 0 Å². The van der Waals surface area contributed by atoms with Crippen molar-refractivity contribution in [3.63, 3.8) is 0 Å². The molecule has 16 heavy (non-hydrogen) atoms. The van der Waals surface area contributed by atoms with Crippen molar-refractivity contribution in [2.24, 2.45) is 0 Å². The first-order valence-electron chi connectivity index (χ1n) is 4.75. The van der Waals surface area contributed by atoms with Crippen molar-refractivity contribution in [2.75, 3.05) is 12.8 Å². The molecule has 0 aliphatic carbocycles. The number of rotatable bonds is 3. The van der Waals surface area contributed by atoms with Crippen molar-refractivity contribution in [1.29, 1.82) is 0 Å². The number of nitrogens with one attached hydrogen (secondary N) is 1. The molecule has 0 spiro atoms. The highest BCUT2D eigenvalue weighted by molar-refractivity contribution is 7.09. The van der Waals surface area contributed by atoms with Crippen LogP contribution in [-0.2, 0) is 6.54 Å². The molecule has 1 amide bonds. The average molecular weight is 236 g/mol. The molecule has 0 radical (unpaired) electrons. The van der Waals surface area contributed by atoms with E-state index in [9.17, 15) is 4.79 Å². The number of nitrogen functional groups attached to an aromatic ring is 1. The molecule has 0 atom stereocenters. The third-order valence-corrected chi connectivity index (χ3v) is 3.08. The number of anilines is 1. The first kappa shape index (κ1) is 10.7. The number of thiophene rings is 1. The number of carbonyl (C=O) groups is 1. The fourth-order valence-corrected chi connectivity index (χ4v) is 2.14. The first-order valence-corrected chi connectivity index (χ1v) is 5.63. The van der Waals surface area contributed by atoms with Gasteiger partial charge in [0, 0.05) is 11.9 Å². The van der Waals surface area contributed by atoms with Crippen molar-refractivity contribution >= 4 is 23.1 Å². The fourth-order valence-electron chi connectivity index (χ4n) is 1.38. The van der Waals surface area contributed by atoms with E-state index in [-0.39, 0.29) is 5.91 Å². The second kappa shape index (κ2) is 4.36. The second-order valence-corrected chi connectivity index (χ2v) is 4.47. The lowest BCUT2D eigenvalue weighted by Gasteiger charge is -2.15. The van der Waals surface area contributed by atoms with Gasteiger partial charge in [-0.2, -0.15) is 5.10 Å². The Kier molecular flexibility index (Phi) is 2.91. The molecule has 0 bridgehead atoms. The van der Waals surface area contributed by atoms with E-state index in [1.54, 1.807) is 23.3 Å². The van der Waals surface area contributed by atoms with E-state index in [4.69, 9.17) is 5.73 Å². The van der Waals surface area contributed by atoms with E-state index in [2.05, 4.69) is 10.2 Å². The summed E-state index contributed by atoms with van der Waals surface area (Å²) in [5, 5.41) is 8.26. The molecule has 2 aromatic heterocycles. The van der Waals surface area contributed by atoms with Crippen LogP contribution in [0.25, 0.3) is 0 Å². The summed E-state index contributed by atoms with van der Waals surface area (Å²) in [6.45, 7) is 0.584. The van der Waals surface area contributed by atoms with Gasteiger partial charge in [-0.1, -0.05) is 6.07 Å². The third kappa shape index (κ3) is 2.06. The maximum Gasteiger partial charge on any atom is 0.259 e. The van der Waals surface area contributed by atoms with Crippen LogP contribution in [0.2, 0.25) is 0 Å². The van der Waals surface area contributed by atoms with Gasteiger partial charge in [-0.3, -0.25) is 9.89 Å². The molecule has 84 valence electrons. The van der Waals surface area contributed by atoms with Gasteiger partial charge in [0.15, 0.2) is 0 Å². The predicted molar refractivity (Wildman–Crippen MR) is 63.1 cm³/mol. The standard InChI is InChI=1S/C10H12N4OS/c1-14(6-7-3-2-4-16-7)10(15)8-5-12-13-9(8)11/h2-5H,6H2,1H3,(H3,11,12,13). The summed E-state index contributed by atoms with van der Waals surface area (Å²) in [6.07, 6.45) is 1.45. The van der Waals surface area contributed by atoms with Gasteiger partial charge in [-0.05, 0) is 11.4 Å². The highest BCUT2D eigenvalue weighted by atomic mass is 32.1. The molecule has 0 aliphatic rings. The summed E-state index contributed by atoms with van der Waals surface area (Å²) < 4.78 is 0. The molecule has 6 heteroatoms. The Labute approximate surface area is 96.9 Å². The number of nitrogens with two attached hydrogens (primary N) is 1. The van der Waals surface area contributed by atoms with E-state index in [0.717, 1.165) is 4.88 Å². The Morgan fingerprint density at radius 2 is 2.50 bits per heavy atom. The van der Waals surface area contributed by atoms with Crippen LogP contribution in [0.1, 0.15) is 15.2 Å². The zero-order valence-electron chi connectivity index (χ0n) is 8.80. The summed E-state index contributed by atoms with van der Waals surface area (Å²) in [6, 6.07) is 3.96. The summed E-state index contributed by atoms with van der Waals surface area (Å²) in [4.78, 5) is 14.7. The fraction of sp³-hybridized carbons (Fsp3) is 0.200. The summed E-state index contributed by atoms with van der Waals surface area (Å²) >= 11 is 1.62. The highest BCUT2D eigenvalue weighted by Gasteiger charge is 2.16. The summed E-state index contributed by atoms with van der Waals surface area (Å²) in [5.74, 6) is 0.183. The second-order valence-electron chi connectivity index (χ2n) is 3.44. The molecule has 5 nitrogen and oxygen atoms in total. The molecule has 0 aliphatic heterocycles. The van der Waals surface area contributed by atoms with Crippen molar-refractivity contribution < 1.29 is 4.79 Å². The van der Waals surface area contributed by atoms with Crippen LogP contribution < -0.4 is 5.73 Å². The minimum absolute atomic E-state index is 0.125.